The molecule has 3 rings (SSSR count). The Bertz CT molecular complexity index is 1110. The summed E-state index contributed by atoms with van der Waals surface area (Å²) in [6.45, 7) is 0.503. The van der Waals surface area contributed by atoms with Crippen molar-refractivity contribution in [1.82, 2.24) is 16.0 Å². The summed E-state index contributed by atoms with van der Waals surface area (Å²) in [5.74, 6) is -3.84. The average molecular weight is 486 g/mol. The number of hydrogen-bond donors (Lipinski definition) is 3. The van der Waals surface area contributed by atoms with Crippen molar-refractivity contribution in [3.63, 3.8) is 0 Å². The Hall–Kier alpha value is -3.87. The van der Waals surface area contributed by atoms with E-state index in [1.807, 2.05) is 6.07 Å². The van der Waals surface area contributed by atoms with Crippen LogP contribution >= 0.6 is 0 Å². The molecule has 3 amide bonds. The number of amides is 3. The summed E-state index contributed by atoms with van der Waals surface area (Å²) in [4.78, 5) is 37.4. The van der Waals surface area contributed by atoms with Gasteiger partial charge < -0.3 is 16.0 Å². The van der Waals surface area contributed by atoms with Crippen molar-refractivity contribution in [1.29, 1.82) is 5.26 Å². The number of nitrogens with one attached hydrogen (secondary N) is 3. The molecule has 184 valence electrons. The van der Waals surface area contributed by atoms with Crippen LogP contribution in [0.5, 0.6) is 0 Å². The van der Waals surface area contributed by atoms with Gasteiger partial charge in [-0.05, 0) is 54.7 Å². The third kappa shape index (κ3) is 7.84. The number of carbonyl (C=O) groups is 3. The maximum Gasteiger partial charge on any atom is 0.243 e. The van der Waals surface area contributed by atoms with E-state index in [1.165, 1.54) is 18.2 Å². The van der Waals surface area contributed by atoms with Gasteiger partial charge in [0.1, 0.15) is 29.5 Å². The largest absolute Gasteiger partial charge is 0.356 e. The SMILES string of the molecule is N#C[C@H](C[C@@H]1CCNC1=O)NC(=O)[C@H](Cc1cccc(F)c1)NC(=O)CCc1cc(F)cc(F)c1. The molecule has 0 radical (unpaired) electrons. The van der Waals surface area contributed by atoms with Gasteiger partial charge in [-0.25, -0.2) is 13.2 Å². The van der Waals surface area contributed by atoms with Crippen LogP contribution in [0.3, 0.4) is 0 Å². The number of nitriles is 1. The average Bonchev–Trinajstić information content (AvgIpc) is 3.20. The van der Waals surface area contributed by atoms with E-state index in [9.17, 15) is 32.8 Å². The van der Waals surface area contributed by atoms with Crippen LogP contribution in [0.4, 0.5) is 13.2 Å². The Morgan fingerprint density at radius 1 is 1.06 bits per heavy atom. The summed E-state index contributed by atoms with van der Waals surface area (Å²) in [5, 5.41) is 17.3. The molecule has 3 N–H and O–H groups in total. The minimum Gasteiger partial charge on any atom is -0.356 e. The fourth-order valence-electron chi connectivity index (χ4n) is 3.96. The number of rotatable bonds is 10. The lowest BCUT2D eigenvalue weighted by atomic mass is 9.98. The molecule has 2 aromatic rings. The normalized spacial score (nSPS) is 16.6. The Morgan fingerprint density at radius 3 is 2.40 bits per heavy atom. The highest BCUT2D eigenvalue weighted by Crippen LogP contribution is 2.16. The highest BCUT2D eigenvalue weighted by molar-refractivity contribution is 5.88. The molecule has 0 spiro atoms. The zero-order valence-corrected chi connectivity index (χ0v) is 18.8. The lowest BCUT2D eigenvalue weighted by Crippen LogP contribution is -2.51. The molecule has 10 heteroatoms. The van der Waals surface area contributed by atoms with Crippen molar-refractivity contribution < 1.29 is 27.6 Å². The van der Waals surface area contributed by atoms with Gasteiger partial charge in [0.2, 0.25) is 17.7 Å². The van der Waals surface area contributed by atoms with Gasteiger partial charge in [0.15, 0.2) is 0 Å². The molecule has 0 aromatic heterocycles. The van der Waals surface area contributed by atoms with Crippen LogP contribution < -0.4 is 16.0 Å². The van der Waals surface area contributed by atoms with Crippen LogP contribution in [0, 0.1) is 34.7 Å². The number of carbonyl (C=O) groups excluding carboxylic acids is 3. The van der Waals surface area contributed by atoms with E-state index in [0.29, 0.717) is 18.5 Å². The lowest BCUT2D eigenvalue weighted by Gasteiger charge is -2.21. The van der Waals surface area contributed by atoms with Gasteiger partial charge in [0.25, 0.3) is 0 Å². The van der Waals surface area contributed by atoms with E-state index in [0.717, 1.165) is 18.2 Å². The molecule has 35 heavy (non-hydrogen) atoms. The molecule has 1 heterocycles. The maximum atomic E-state index is 13.7. The first-order valence-corrected chi connectivity index (χ1v) is 11.2. The zero-order valence-electron chi connectivity index (χ0n) is 18.8. The van der Waals surface area contributed by atoms with Gasteiger partial charge >= 0.3 is 0 Å². The molecule has 2 aromatic carbocycles. The molecule has 0 bridgehead atoms. The summed E-state index contributed by atoms with van der Waals surface area (Å²) < 4.78 is 40.4. The van der Waals surface area contributed by atoms with E-state index in [1.54, 1.807) is 6.07 Å². The second-order valence-corrected chi connectivity index (χ2v) is 8.43. The zero-order chi connectivity index (χ0) is 25.4. The maximum absolute atomic E-state index is 13.7. The smallest absolute Gasteiger partial charge is 0.243 e. The highest BCUT2D eigenvalue weighted by Gasteiger charge is 2.30. The Balaban J connectivity index is 1.67. The van der Waals surface area contributed by atoms with Crippen molar-refractivity contribution in [2.45, 2.75) is 44.2 Å². The van der Waals surface area contributed by atoms with Gasteiger partial charge in [-0.1, -0.05) is 12.1 Å². The Kier molecular flexibility index (Phi) is 8.84. The topological polar surface area (TPSA) is 111 Å². The van der Waals surface area contributed by atoms with Gasteiger partial charge in [-0.15, -0.1) is 0 Å². The van der Waals surface area contributed by atoms with Crippen LogP contribution in [-0.2, 0) is 27.2 Å². The van der Waals surface area contributed by atoms with Crippen LogP contribution in [0.2, 0.25) is 0 Å². The summed E-state index contributed by atoms with van der Waals surface area (Å²) in [6.07, 6.45) is 0.509. The van der Waals surface area contributed by atoms with Gasteiger partial charge in [-0.3, -0.25) is 14.4 Å². The molecule has 0 saturated carbocycles. The third-order valence-corrected chi connectivity index (χ3v) is 5.70. The monoisotopic (exact) mass is 486 g/mol. The second-order valence-electron chi connectivity index (χ2n) is 8.43. The van der Waals surface area contributed by atoms with E-state index in [4.69, 9.17) is 0 Å². The molecule has 0 aliphatic carbocycles. The van der Waals surface area contributed by atoms with Crippen LogP contribution in [0.15, 0.2) is 42.5 Å². The lowest BCUT2D eigenvalue weighted by molar-refractivity contribution is -0.129. The Morgan fingerprint density at radius 2 is 1.77 bits per heavy atom. The standard InChI is InChI=1S/C25H25F3N4O3/c26-18-3-1-2-15(8-18)11-22(25(35)31-21(14-29)12-17-6-7-30-24(17)34)32-23(33)5-4-16-9-19(27)13-20(28)10-16/h1-3,8-10,13,17,21-22H,4-7,11-12H2,(H,30,34)(H,31,35)(H,32,33)/t17-,21-,22-/m0/s1. The van der Waals surface area contributed by atoms with Crippen LogP contribution in [-0.4, -0.2) is 36.3 Å². The predicted octanol–water partition coefficient (Wildman–Crippen LogP) is 2.30. The summed E-state index contributed by atoms with van der Waals surface area (Å²) >= 11 is 0. The molecule has 1 aliphatic heterocycles. The number of benzene rings is 2. The van der Waals surface area contributed by atoms with Crippen molar-refractivity contribution in [2.24, 2.45) is 5.92 Å². The van der Waals surface area contributed by atoms with Gasteiger partial charge in [0.05, 0.1) is 6.07 Å². The fraction of sp³-hybridized carbons (Fsp3) is 0.360. The second kappa shape index (κ2) is 12.0. The predicted molar refractivity (Wildman–Crippen MR) is 120 cm³/mol. The summed E-state index contributed by atoms with van der Waals surface area (Å²) in [6, 6.07) is 8.36. The van der Waals surface area contributed by atoms with E-state index in [2.05, 4.69) is 16.0 Å². The first-order valence-electron chi connectivity index (χ1n) is 11.2. The number of aryl methyl sites for hydroxylation is 1. The summed E-state index contributed by atoms with van der Waals surface area (Å²) in [7, 11) is 0. The van der Waals surface area contributed by atoms with Crippen LogP contribution in [0.1, 0.15) is 30.4 Å². The number of hydrogen-bond acceptors (Lipinski definition) is 4. The van der Waals surface area contributed by atoms with Gasteiger partial charge in [0, 0.05) is 31.4 Å². The molecule has 7 nitrogen and oxygen atoms in total. The molecule has 1 fully saturated rings. The van der Waals surface area contributed by atoms with Gasteiger partial charge in [-0.2, -0.15) is 5.26 Å². The van der Waals surface area contributed by atoms with E-state index >= 15 is 0 Å². The first kappa shape index (κ1) is 25.7. The van der Waals surface area contributed by atoms with Crippen molar-refractivity contribution in [2.75, 3.05) is 6.54 Å². The van der Waals surface area contributed by atoms with Crippen molar-refractivity contribution in [3.05, 3.63) is 71.0 Å². The molecular formula is C25H25F3N4O3. The number of nitrogens with zero attached hydrogens (tertiary/aromatic N) is 1. The highest BCUT2D eigenvalue weighted by atomic mass is 19.1. The molecule has 1 aliphatic rings. The molecule has 1 saturated heterocycles. The summed E-state index contributed by atoms with van der Waals surface area (Å²) in [5.41, 5.74) is 0.726. The first-order chi connectivity index (χ1) is 16.7. The fourth-order valence-corrected chi connectivity index (χ4v) is 3.96. The van der Waals surface area contributed by atoms with E-state index < -0.39 is 47.3 Å². The molecule has 0 unspecified atom stereocenters. The molecule has 3 atom stereocenters. The Labute approximate surface area is 200 Å². The van der Waals surface area contributed by atoms with E-state index in [-0.39, 0.29) is 37.2 Å². The minimum absolute atomic E-state index is 0.0342. The minimum atomic E-state index is -1.14. The number of halogens is 3. The van der Waals surface area contributed by atoms with Crippen LogP contribution in [0.25, 0.3) is 0 Å². The van der Waals surface area contributed by atoms with Crippen molar-refractivity contribution in [3.8, 4) is 6.07 Å². The third-order valence-electron chi connectivity index (χ3n) is 5.70. The van der Waals surface area contributed by atoms with Crippen molar-refractivity contribution >= 4 is 17.7 Å². The molecular weight excluding hydrogens is 461 g/mol. The quantitative estimate of drug-likeness (QED) is 0.479.